The minimum absolute atomic E-state index is 0. The zero-order chi connectivity index (χ0) is 55.4. The van der Waals surface area contributed by atoms with Crippen molar-refractivity contribution in [2.24, 2.45) is 0 Å². The Morgan fingerprint density at radius 1 is 0.628 bits per heavy atom. The van der Waals surface area contributed by atoms with Gasteiger partial charge in [0.05, 0.1) is 34.8 Å². The second kappa shape index (κ2) is 24.6. The summed E-state index contributed by atoms with van der Waals surface area (Å²) in [6.45, 7) is 9.81. The Hall–Kier alpha value is -7.92. The summed E-state index contributed by atoms with van der Waals surface area (Å²) < 4.78 is 35.4. The number of fused-ring (bicyclic) bond motifs is 3. The average Bonchev–Trinajstić information content (AvgIpc) is 4.07. The van der Waals surface area contributed by atoms with Gasteiger partial charge in [-0.2, -0.15) is 0 Å². The summed E-state index contributed by atoms with van der Waals surface area (Å²) in [6.07, 6.45) is 9.73. The number of pyridine rings is 3. The highest BCUT2D eigenvalue weighted by Crippen LogP contribution is 2.40. The van der Waals surface area contributed by atoms with Crippen LogP contribution in [0.25, 0.3) is 50.1 Å². The number of nitrogens with zero attached hydrogens (tertiary/aromatic N) is 6. The highest BCUT2D eigenvalue weighted by molar-refractivity contribution is 6.02. The van der Waals surface area contributed by atoms with E-state index in [9.17, 15) is 24.6 Å². The number of anilines is 3. The average molecular weight is 1060 g/mol. The number of carbonyl (C=O) groups is 3. The molecular formula is C62H70F2N8O6. The number of aromatic nitrogens is 3. The predicted octanol–water partition coefficient (Wildman–Crippen LogP) is 10.3. The fraction of sp³-hybridized carbons (Fsp3) is 0.323. The van der Waals surface area contributed by atoms with Gasteiger partial charge in [0.25, 0.3) is 17.7 Å². The van der Waals surface area contributed by atoms with Gasteiger partial charge < -0.3 is 41.1 Å². The van der Waals surface area contributed by atoms with Gasteiger partial charge in [0, 0.05) is 147 Å². The van der Waals surface area contributed by atoms with Crippen LogP contribution in [0.1, 0.15) is 109 Å². The molecule has 16 heteroatoms. The predicted molar refractivity (Wildman–Crippen MR) is 306 cm³/mol. The zero-order valence-electron chi connectivity index (χ0n) is 45.0. The van der Waals surface area contributed by atoms with Gasteiger partial charge in [-0.25, -0.2) is 8.78 Å². The molecule has 3 amide bonds. The van der Waals surface area contributed by atoms with Gasteiger partial charge in [0.15, 0.2) is 0 Å². The first-order chi connectivity index (χ1) is 36.9. The molecule has 3 aliphatic carbocycles. The Kier molecular flexibility index (Phi) is 18.2. The Morgan fingerprint density at radius 3 is 1.50 bits per heavy atom. The van der Waals surface area contributed by atoms with E-state index >= 15 is 8.78 Å². The number of allylic oxidation sites excluding steroid dienone is 4. The summed E-state index contributed by atoms with van der Waals surface area (Å²) >= 11 is 0. The van der Waals surface area contributed by atoms with E-state index in [1.807, 2.05) is 49.5 Å². The molecule has 0 atom stereocenters. The van der Waals surface area contributed by atoms with Crippen LogP contribution in [0, 0.1) is 11.6 Å². The fourth-order valence-electron chi connectivity index (χ4n) is 10.5. The van der Waals surface area contributed by atoms with E-state index in [0.29, 0.717) is 42.7 Å². The van der Waals surface area contributed by atoms with Gasteiger partial charge >= 0.3 is 0 Å². The number of hydrogen-bond acceptors (Lipinski definition) is 11. The summed E-state index contributed by atoms with van der Waals surface area (Å²) in [6, 6.07) is 20.3. The number of aliphatic hydroxyl groups is 2. The van der Waals surface area contributed by atoms with Crippen molar-refractivity contribution < 1.29 is 38.1 Å². The number of nitrogen functional groups attached to an aromatic ring is 2. The van der Waals surface area contributed by atoms with Crippen LogP contribution in [0.4, 0.5) is 25.8 Å². The molecule has 1 fully saturated rings. The molecule has 0 radical (unpaired) electrons. The molecule has 10 rings (SSSR count). The van der Waals surface area contributed by atoms with E-state index in [1.54, 1.807) is 63.7 Å². The minimum Gasteiger partial charge on any atom is -0.398 e. The van der Waals surface area contributed by atoms with E-state index in [2.05, 4.69) is 41.8 Å². The molecule has 0 saturated carbocycles. The van der Waals surface area contributed by atoms with E-state index in [4.69, 9.17) is 16.2 Å². The number of benzene rings is 3. The number of carbonyl (C=O) groups excluding carboxylic acids is 3. The zero-order valence-corrected chi connectivity index (χ0v) is 45.0. The van der Waals surface area contributed by atoms with Gasteiger partial charge in [-0.3, -0.25) is 29.3 Å². The lowest BCUT2D eigenvalue weighted by atomic mass is 9.97. The van der Waals surface area contributed by atoms with Crippen LogP contribution in [-0.2, 0) is 28.8 Å². The molecule has 78 heavy (non-hydrogen) atoms. The smallest absolute Gasteiger partial charge is 0.258 e. The third-order valence-corrected chi connectivity index (χ3v) is 14.5. The Morgan fingerprint density at radius 2 is 1.06 bits per heavy atom. The molecule has 1 aliphatic heterocycles. The highest BCUT2D eigenvalue weighted by atomic mass is 19.1. The van der Waals surface area contributed by atoms with Gasteiger partial charge in [0.2, 0.25) is 0 Å². The van der Waals surface area contributed by atoms with Crippen molar-refractivity contribution in [3.63, 3.8) is 0 Å². The summed E-state index contributed by atoms with van der Waals surface area (Å²) in [5, 5.41) is 18.7. The fourth-order valence-corrected chi connectivity index (χ4v) is 10.5. The number of halogens is 2. The van der Waals surface area contributed by atoms with E-state index in [1.165, 1.54) is 43.7 Å². The van der Waals surface area contributed by atoms with Crippen molar-refractivity contribution in [3.8, 4) is 33.4 Å². The van der Waals surface area contributed by atoms with Crippen LogP contribution in [0.15, 0.2) is 102 Å². The molecule has 6 aromatic rings. The molecule has 3 aromatic carbocycles. The second-order valence-corrected chi connectivity index (χ2v) is 20.1. The van der Waals surface area contributed by atoms with Crippen LogP contribution in [0.2, 0.25) is 0 Å². The molecule has 14 nitrogen and oxygen atoms in total. The third-order valence-electron chi connectivity index (χ3n) is 14.5. The third kappa shape index (κ3) is 11.7. The number of hydrogen-bond donors (Lipinski definition) is 4. The van der Waals surface area contributed by atoms with Crippen LogP contribution in [0.3, 0.4) is 0 Å². The normalized spacial score (nSPS) is 14.3. The molecular weight excluding hydrogens is 991 g/mol. The standard InChI is InChI=1S/C21H22N2O3.C20H22FN3O2.C20H22FN3O.CH4/c1-14-9-20-19(18(14)5-7-24)11-16(12-22-20)15-3-2-4-17(10-15)23-6-8-26-13-21(23)25;1-11-8-17-15(13(11)6-7-25)9-12(10-23-17)14-4-5-16(22)18(19(14)21)20(26)24(2)3;1-5-13-11(2)8-17-15(13)9-12(10-23-17)14-6-7-16(22)18(19(14)21)20(25)24(3)4;/h2-4,10-12,24H,5-9,13H2,1H3;4-5,9-10,25H,6-8,22H2,1-3H3;6-7,9-10H,5,8,22H2,1-4H3;1H4. The maximum atomic E-state index is 15.1. The van der Waals surface area contributed by atoms with Crippen LogP contribution >= 0.6 is 0 Å². The lowest BCUT2D eigenvalue weighted by Gasteiger charge is -2.27. The summed E-state index contributed by atoms with van der Waals surface area (Å²) in [5.41, 5.74) is 30.0. The topological polar surface area (TPSA) is 201 Å². The molecule has 0 unspecified atom stereocenters. The first-order valence-electron chi connectivity index (χ1n) is 25.7. The Bertz CT molecular complexity index is 3420. The first kappa shape index (κ1) is 57.8. The molecule has 4 aliphatic rings. The van der Waals surface area contributed by atoms with Crippen molar-refractivity contribution in [3.05, 3.63) is 159 Å². The molecule has 1 saturated heterocycles. The van der Waals surface area contributed by atoms with E-state index in [-0.39, 0.29) is 61.2 Å². The second-order valence-electron chi connectivity index (χ2n) is 20.1. The molecule has 408 valence electrons. The molecule has 3 aromatic heterocycles. The van der Waals surface area contributed by atoms with Crippen molar-refractivity contribution in [1.29, 1.82) is 0 Å². The lowest BCUT2D eigenvalue weighted by molar-refractivity contribution is -0.125. The summed E-state index contributed by atoms with van der Waals surface area (Å²) in [7, 11) is 6.26. The van der Waals surface area contributed by atoms with E-state index in [0.717, 1.165) is 81.8 Å². The minimum atomic E-state index is -0.646. The Balaban J connectivity index is 0.000000169. The van der Waals surface area contributed by atoms with Crippen molar-refractivity contribution in [2.75, 3.05) is 77.5 Å². The monoisotopic (exact) mass is 1060 g/mol. The van der Waals surface area contributed by atoms with Gasteiger partial charge in [-0.05, 0) is 117 Å². The number of amides is 3. The largest absolute Gasteiger partial charge is 0.398 e. The maximum absolute atomic E-state index is 15.1. The summed E-state index contributed by atoms with van der Waals surface area (Å²) in [4.78, 5) is 54.7. The van der Waals surface area contributed by atoms with Gasteiger partial charge in [-0.1, -0.05) is 43.2 Å². The molecule has 0 spiro atoms. The number of morpholine rings is 1. The van der Waals surface area contributed by atoms with E-state index < -0.39 is 23.4 Å². The molecule has 4 heterocycles. The number of aliphatic hydroxyl groups excluding tert-OH is 2. The van der Waals surface area contributed by atoms with Crippen molar-refractivity contribution in [2.45, 2.75) is 73.6 Å². The Labute approximate surface area is 455 Å². The van der Waals surface area contributed by atoms with Crippen LogP contribution in [0.5, 0.6) is 0 Å². The maximum Gasteiger partial charge on any atom is 0.258 e. The number of nitrogens with two attached hydrogens (primary N) is 2. The molecule has 6 N–H and O–H groups in total. The highest BCUT2D eigenvalue weighted by Gasteiger charge is 2.27. The van der Waals surface area contributed by atoms with Gasteiger partial charge in [0.1, 0.15) is 18.2 Å². The number of ether oxygens (including phenoxy) is 1. The SMILES string of the molecule is C.CC1=C(CCO)c2cc(-c3ccc(N)c(C(=O)N(C)C)c3F)cnc2C1.CC1=C(CCO)c2cc(-c3cccc(N4CCOCC4=O)c3)cnc2C1.CCC1=C(C)Cc2ncc(-c3ccc(N)c(C(=O)N(C)C)c3F)cc21. The van der Waals surface area contributed by atoms with Crippen molar-refractivity contribution in [1.82, 2.24) is 24.8 Å². The number of rotatable bonds is 11. The lowest BCUT2D eigenvalue weighted by Crippen LogP contribution is -2.41. The summed E-state index contributed by atoms with van der Waals surface area (Å²) in [5.74, 6) is -2.18. The quantitative estimate of drug-likeness (QED) is 0.0900. The van der Waals surface area contributed by atoms with Crippen LogP contribution in [-0.4, -0.2) is 114 Å². The molecule has 0 bridgehead atoms. The van der Waals surface area contributed by atoms with Crippen LogP contribution < -0.4 is 16.4 Å². The van der Waals surface area contributed by atoms with Crippen molar-refractivity contribution >= 4 is 51.5 Å². The van der Waals surface area contributed by atoms with Gasteiger partial charge in [-0.15, -0.1) is 0 Å². The first-order valence-corrected chi connectivity index (χ1v) is 25.7.